The lowest BCUT2D eigenvalue weighted by atomic mass is 9.82. The number of rotatable bonds is 9. The van der Waals surface area contributed by atoms with E-state index >= 15 is 0 Å². The molecule has 0 aliphatic carbocycles. The molecule has 0 bridgehead atoms. The summed E-state index contributed by atoms with van der Waals surface area (Å²) in [6.07, 6.45) is 5.56. The first kappa shape index (κ1) is 22.5. The number of hydrogen-bond acceptors (Lipinski definition) is 3. The second kappa shape index (κ2) is 9.99. The van der Waals surface area contributed by atoms with Gasteiger partial charge in [-0.2, -0.15) is 0 Å². The second-order valence-electron chi connectivity index (χ2n) is 8.90. The standard InChI is InChI=1S/C23H38O3/c1-16(2)11-9-8-10-14-26-21(24)13-12-19-15-20(23(5,6)7)22(25)18(4)17(19)3/h15-16,25H,8-14H2,1-7H3. The summed E-state index contributed by atoms with van der Waals surface area (Å²) >= 11 is 0. The smallest absolute Gasteiger partial charge is 0.306 e. The molecule has 0 radical (unpaired) electrons. The van der Waals surface area contributed by atoms with E-state index in [1.54, 1.807) is 0 Å². The van der Waals surface area contributed by atoms with Gasteiger partial charge in [0, 0.05) is 6.42 Å². The molecule has 26 heavy (non-hydrogen) atoms. The van der Waals surface area contributed by atoms with E-state index in [-0.39, 0.29) is 11.4 Å². The van der Waals surface area contributed by atoms with E-state index in [1.807, 2.05) is 13.8 Å². The van der Waals surface area contributed by atoms with Crippen molar-refractivity contribution in [2.75, 3.05) is 6.61 Å². The van der Waals surface area contributed by atoms with Crippen LogP contribution in [0.15, 0.2) is 6.07 Å². The van der Waals surface area contributed by atoms with E-state index in [2.05, 4.69) is 40.7 Å². The van der Waals surface area contributed by atoms with Crippen LogP contribution in [-0.4, -0.2) is 17.7 Å². The van der Waals surface area contributed by atoms with Crippen molar-refractivity contribution in [1.82, 2.24) is 0 Å². The highest BCUT2D eigenvalue weighted by molar-refractivity contribution is 5.70. The first-order chi connectivity index (χ1) is 12.0. The molecule has 0 atom stereocenters. The van der Waals surface area contributed by atoms with Gasteiger partial charge in [0.2, 0.25) is 0 Å². The molecule has 3 heteroatoms. The second-order valence-corrected chi connectivity index (χ2v) is 8.90. The van der Waals surface area contributed by atoms with Gasteiger partial charge in [0.25, 0.3) is 0 Å². The highest BCUT2D eigenvalue weighted by atomic mass is 16.5. The number of phenolic OH excluding ortho intramolecular Hbond substituents is 1. The molecule has 1 aromatic carbocycles. The van der Waals surface area contributed by atoms with E-state index in [9.17, 15) is 9.90 Å². The van der Waals surface area contributed by atoms with E-state index < -0.39 is 0 Å². The van der Waals surface area contributed by atoms with E-state index in [1.165, 1.54) is 12.8 Å². The summed E-state index contributed by atoms with van der Waals surface area (Å²) in [6, 6.07) is 2.05. The first-order valence-electron chi connectivity index (χ1n) is 10.0. The van der Waals surface area contributed by atoms with Crippen LogP contribution in [-0.2, 0) is 21.4 Å². The zero-order valence-corrected chi connectivity index (χ0v) is 17.9. The van der Waals surface area contributed by atoms with Gasteiger partial charge < -0.3 is 9.84 Å². The number of aryl methyl sites for hydroxylation is 1. The predicted octanol–water partition coefficient (Wildman–Crippen LogP) is 6.00. The van der Waals surface area contributed by atoms with Gasteiger partial charge >= 0.3 is 5.97 Å². The number of benzene rings is 1. The fourth-order valence-corrected chi connectivity index (χ4v) is 3.13. The lowest BCUT2D eigenvalue weighted by Crippen LogP contribution is -2.14. The average Bonchev–Trinajstić information content (AvgIpc) is 2.53. The molecule has 0 aliphatic heterocycles. The lowest BCUT2D eigenvalue weighted by molar-refractivity contribution is -0.143. The molecule has 0 saturated carbocycles. The van der Waals surface area contributed by atoms with Crippen LogP contribution >= 0.6 is 0 Å². The van der Waals surface area contributed by atoms with Crippen molar-refractivity contribution in [3.8, 4) is 5.75 Å². The zero-order chi connectivity index (χ0) is 19.9. The largest absolute Gasteiger partial charge is 0.507 e. The molecule has 0 aromatic heterocycles. The van der Waals surface area contributed by atoms with Crippen LogP contribution in [0.25, 0.3) is 0 Å². The Kier molecular flexibility index (Phi) is 8.66. The van der Waals surface area contributed by atoms with Crippen LogP contribution in [0.4, 0.5) is 0 Å². The molecule has 0 unspecified atom stereocenters. The van der Waals surface area contributed by atoms with Crippen LogP contribution in [0.1, 0.15) is 89.0 Å². The van der Waals surface area contributed by atoms with Gasteiger partial charge in [0.1, 0.15) is 5.75 Å². The summed E-state index contributed by atoms with van der Waals surface area (Å²) in [5.74, 6) is 0.992. The third-order valence-electron chi connectivity index (χ3n) is 5.07. The Bertz CT molecular complexity index is 594. The van der Waals surface area contributed by atoms with Gasteiger partial charge in [0.05, 0.1) is 6.61 Å². The number of aromatic hydroxyl groups is 1. The number of carbonyl (C=O) groups is 1. The van der Waals surface area contributed by atoms with Gasteiger partial charge in [-0.05, 0) is 60.3 Å². The van der Waals surface area contributed by atoms with Crippen molar-refractivity contribution >= 4 is 5.97 Å². The van der Waals surface area contributed by atoms with Crippen molar-refractivity contribution in [2.24, 2.45) is 5.92 Å². The maximum absolute atomic E-state index is 12.0. The Morgan fingerprint density at radius 3 is 2.35 bits per heavy atom. The van der Waals surface area contributed by atoms with E-state index in [0.717, 1.165) is 41.0 Å². The highest BCUT2D eigenvalue weighted by Gasteiger charge is 2.22. The fraction of sp³-hybridized carbons (Fsp3) is 0.696. The van der Waals surface area contributed by atoms with Crippen molar-refractivity contribution in [3.63, 3.8) is 0 Å². The fourth-order valence-electron chi connectivity index (χ4n) is 3.13. The quantitative estimate of drug-likeness (QED) is 0.433. The zero-order valence-electron chi connectivity index (χ0n) is 17.9. The van der Waals surface area contributed by atoms with Crippen LogP contribution < -0.4 is 0 Å². The Morgan fingerprint density at radius 2 is 1.77 bits per heavy atom. The van der Waals surface area contributed by atoms with E-state index in [0.29, 0.717) is 25.2 Å². The summed E-state index contributed by atoms with van der Waals surface area (Å²) in [5, 5.41) is 10.4. The van der Waals surface area contributed by atoms with Gasteiger partial charge in [-0.3, -0.25) is 4.79 Å². The van der Waals surface area contributed by atoms with Crippen molar-refractivity contribution in [2.45, 2.75) is 92.4 Å². The number of unbranched alkanes of at least 4 members (excludes halogenated alkanes) is 2. The van der Waals surface area contributed by atoms with Crippen molar-refractivity contribution in [3.05, 3.63) is 28.3 Å². The summed E-state index contributed by atoms with van der Waals surface area (Å²) in [6.45, 7) is 15.2. The normalized spacial score (nSPS) is 11.8. The van der Waals surface area contributed by atoms with E-state index in [4.69, 9.17) is 4.74 Å². The number of carbonyl (C=O) groups excluding carboxylic acids is 1. The Hall–Kier alpha value is -1.51. The highest BCUT2D eigenvalue weighted by Crippen LogP contribution is 2.36. The number of esters is 1. The Balaban J connectivity index is 2.54. The molecular formula is C23H38O3. The maximum Gasteiger partial charge on any atom is 0.306 e. The van der Waals surface area contributed by atoms with Gasteiger partial charge in [-0.25, -0.2) is 0 Å². The Morgan fingerprint density at radius 1 is 1.12 bits per heavy atom. The van der Waals surface area contributed by atoms with Crippen LogP contribution in [0.2, 0.25) is 0 Å². The predicted molar refractivity (Wildman–Crippen MR) is 109 cm³/mol. The number of phenols is 1. The van der Waals surface area contributed by atoms with Crippen molar-refractivity contribution in [1.29, 1.82) is 0 Å². The molecule has 0 saturated heterocycles. The van der Waals surface area contributed by atoms with Gasteiger partial charge in [-0.1, -0.05) is 59.9 Å². The maximum atomic E-state index is 12.0. The molecular weight excluding hydrogens is 324 g/mol. The molecule has 1 aromatic rings. The van der Waals surface area contributed by atoms with Gasteiger partial charge in [0.15, 0.2) is 0 Å². The molecule has 0 fully saturated rings. The minimum absolute atomic E-state index is 0.128. The van der Waals surface area contributed by atoms with Gasteiger partial charge in [-0.15, -0.1) is 0 Å². The van der Waals surface area contributed by atoms with Crippen LogP contribution in [0.3, 0.4) is 0 Å². The molecule has 0 aliphatic rings. The summed E-state index contributed by atoms with van der Waals surface area (Å²) < 4.78 is 5.37. The lowest BCUT2D eigenvalue weighted by Gasteiger charge is -2.24. The van der Waals surface area contributed by atoms with Crippen LogP contribution in [0, 0.1) is 19.8 Å². The topological polar surface area (TPSA) is 46.5 Å². The molecule has 0 spiro atoms. The monoisotopic (exact) mass is 362 g/mol. The molecule has 3 nitrogen and oxygen atoms in total. The molecule has 1 rings (SSSR count). The molecule has 148 valence electrons. The third kappa shape index (κ3) is 7.01. The van der Waals surface area contributed by atoms with Crippen LogP contribution in [0.5, 0.6) is 5.75 Å². The number of ether oxygens (including phenoxy) is 1. The minimum Gasteiger partial charge on any atom is -0.507 e. The number of hydrogen-bond donors (Lipinski definition) is 1. The average molecular weight is 363 g/mol. The van der Waals surface area contributed by atoms with Crippen molar-refractivity contribution < 1.29 is 14.6 Å². The third-order valence-corrected chi connectivity index (χ3v) is 5.07. The SMILES string of the molecule is Cc1c(CCC(=O)OCCCCCC(C)C)cc(C(C)(C)C)c(O)c1C. The Labute approximate surface area is 160 Å². The molecule has 0 heterocycles. The minimum atomic E-state index is -0.131. The summed E-state index contributed by atoms with van der Waals surface area (Å²) in [4.78, 5) is 12.0. The molecule has 1 N–H and O–H groups in total. The first-order valence-corrected chi connectivity index (χ1v) is 10.0. The summed E-state index contributed by atoms with van der Waals surface area (Å²) in [5.41, 5.74) is 3.91. The molecule has 0 amide bonds. The summed E-state index contributed by atoms with van der Waals surface area (Å²) in [7, 11) is 0.